The first kappa shape index (κ1) is 14.1. The van der Waals surface area contributed by atoms with Gasteiger partial charge in [0.05, 0.1) is 0 Å². The lowest BCUT2D eigenvalue weighted by Gasteiger charge is -2.04. The Bertz CT molecular complexity index is 568. The smallest absolute Gasteiger partial charge is 0.134 e. The molecule has 0 atom stereocenters. The van der Waals surface area contributed by atoms with Crippen molar-refractivity contribution in [2.24, 2.45) is 0 Å². The zero-order chi connectivity index (χ0) is 14.2. The second kappa shape index (κ2) is 7.29. The van der Waals surface area contributed by atoms with E-state index in [1.807, 2.05) is 66.7 Å². The quantitative estimate of drug-likeness (QED) is 0.792. The van der Waals surface area contributed by atoms with Gasteiger partial charge in [0.25, 0.3) is 0 Å². The predicted octanol–water partition coefficient (Wildman–Crippen LogP) is 3.91. The molecule has 2 heteroatoms. The molecule has 0 amide bonds. The first-order valence-electron chi connectivity index (χ1n) is 6.67. The van der Waals surface area contributed by atoms with Gasteiger partial charge in [-0.3, -0.25) is 4.79 Å². The highest BCUT2D eigenvalue weighted by atomic mass is 16.5. The summed E-state index contributed by atoms with van der Waals surface area (Å²) in [6.45, 7) is 2.12. The SMILES string of the molecule is CC(=O)Cc1ccc(OC/C=C/c2ccccc2)cc1. The molecule has 20 heavy (non-hydrogen) atoms. The maximum absolute atomic E-state index is 11.0. The molecule has 0 bridgehead atoms. The number of hydrogen-bond donors (Lipinski definition) is 0. The molecule has 0 aromatic heterocycles. The molecule has 2 aromatic rings. The van der Waals surface area contributed by atoms with Crippen molar-refractivity contribution < 1.29 is 9.53 Å². The van der Waals surface area contributed by atoms with Crippen molar-refractivity contribution in [3.05, 3.63) is 71.8 Å². The molecule has 0 aliphatic rings. The average molecular weight is 266 g/mol. The van der Waals surface area contributed by atoms with E-state index in [0.717, 1.165) is 16.9 Å². The van der Waals surface area contributed by atoms with Crippen molar-refractivity contribution in [3.8, 4) is 5.75 Å². The number of rotatable bonds is 6. The van der Waals surface area contributed by atoms with Gasteiger partial charge in [0.1, 0.15) is 18.1 Å². The lowest BCUT2D eigenvalue weighted by molar-refractivity contribution is -0.116. The van der Waals surface area contributed by atoms with Crippen LogP contribution >= 0.6 is 0 Å². The van der Waals surface area contributed by atoms with E-state index in [1.54, 1.807) is 6.92 Å². The molecule has 0 heterocycles. The molecule has 0 aliphatic heterocycles. The molecule has 0 saturated carbocycles. The average Bonchev–Trinajstić information content (AvgIpc) is 2.46. The van der Waals surface area contributed by atoms with Gasteiger partial charge in [0.2, 0.25) is 0 Å². The number of Topliss-reactive ketones (excluding diaryl/α,β-unsaturated/α-hetero) is 1. The van der Waals surface area contributed by atoms with E-state index >= 15 is 0 Å². The number of benzene rings is 2. The van der Waals surface area contributed by atoms with Crippen molar-refractivity contribution in [1.82, 2.24) is 0 Å². The van der Waals surface area contributed by atoms with Crippen molar-refractivity contribution >= 4 is 11.9 Å². The Labute approximate surface area is 119 Å². The minimum absolute atomic E-state index is 0.171. The van der Waals surface area contributed by atoms with Gasteiger partial charge in [-0.2, -0.15) is 0 Å². The molecule has 0 unspecified atom stereocenters. The predicted molar refractivity (Wildman–Crippen MR) is 81.8 cm³/mol. The highest BCUT2D eigenvalue weighted by molar-refractivity contribution is 5.78. The van der Waals surface area contributed by atoms with E-state index in [1.165, 1.54) is 0 Å². The molecular formula is C18H18O2. The first-order chi connectivity index (χ1) is 9.74. The third-order valence-corrected chi connectivity index (χ3v) is 2.83. The van der Waals surface area contributed by atoms with Gasteiger partial charge in [0, 0.05) is 6.42 Å². The van der Waals surface area contributed by atoms with Gasteiger partial charge < -0.3 is 4.74 Å². The molecule has 102 valence electrons. The summed E-state index contributed by atoms with van der Waals surface area (Å²) in [7, 11) is 0. The third-order valence-electron chi connectivity index (χ3n) is 2.83. The van der Waals surface area contributed by atoms with Crippen LogP contribution in [0.5, 0.6) is 5.75 Å². The Morgan fingerprint density at radius 1 is 1.05 bits per heavy atom. The van der Waals surface area contributed by atoms with E-state index in [0.29, 0.717) is 13.0 Å². The summed E-state index contributed by atoms with van der Waals surface area (Å²) in [5.74, 6) is 0.986. The maximum atomic E-state index is 11.0. The molecule has 0 N–H and O–H groups in total. The Morgan fingerprint density at radius 2 is 1.75 bits per heavy atom. The summed E-state index contributed by atoms with van der Waals surface area (Å²) >= 11 is 0. The van der Waals surface area contributed by atoms with Crippen LogP contribution in [-0.4, -0.2) is 12.4 Å². The lowest BCUT2D eigenvalue weighted by atomic mass is 10.1. The van der Waals surface area contributed by atoms with Gasteiger partial charge in [-0.05, 0) is 36.3 Å². The molecular weight excluding hydrogens is 248 g/mol. The van der Waals surface area contributed by atoms with Crippen molar-refractivity contribution in [2.45, 2.75) is 13.3 Å². The number of carbonyl (C=O) groups excluding carboxylic acids is 1. The normalized spacial score (nSPS) is 10.7. The van der Waals surface area contributed by atoms with Crippen molar-refractivity contribution in [3.63, 3.8) is 0 Å². The molecule has 0 aliphatic carbocycles. The summed E-state index contributed by atoms with van der Waals surface area (Å²) in [6, 6.07) is 17.8. The van der Waals surface area contributed by atoms with Crippen molar-refractivity contribution in [2.75, 3.05) is 6.61 Å². The second-order valence-corrected chi connectivity index (χ2v) is 4.65. The standard InChI is InChI=1S/C18H18O2/c1-15(19)14-17-9-11-18(12-10-17)20-13-5-8-16-6-3-2-4-7-16/h2-12H,13-14H2,1H3/b8-5+. The van der Waals surface area contributed by atoms with Crippen LogP contribution in [0.3, 0.4) is 0 Å². The lowest BCUT2D eigenvalue weighted by Crippen LogP contribution is -1.97. The van der Waals surface area contributed by atoms with Gasteiger partial charge in [0.15, 0.2) is 0 Å². The summed E-state index contributed by atoms with van der Waals surface area (Å²) < 4.78 is 5.62. The van der Waals surface area contributed by atoms with Crippen LogP contribution in [-0.2, 0) is 11.2 Å². The highest BCUT2D eigenvalue weighted by Crippen LogP contribution is 2.13. The second-order valence-electron chi connectivity index (χ2n) is 4.65. The highest BCUT2D eigenvalue weighted by Gasteiger charge is 1.98. The molecule has 0 fully saturated rings. The first-order valence-corrected chi connectivity index (χ1v) is 6.67. The van der Waals surface area contributed by atoms with Crippen LogP contribution in [0.4, 0.5) is 0 Å². The van der Waals surface area contributed by atoms with E-state index in [9.17, 15) is 4.79 Å². The maximum Gasteiger partial charge on any atom is 0.134 e. The Hall–Kier alpha value is -2.35. The van der Waals surface area contributed by atoms with Crippen LogP contribution in [0.25, 0.3) is 6.08 Å². The van der Waals surface area contributed by atoms with E-state index in [4.69, 9.17) is 4.74 Å². The summed E-state index contributed by atoms with van der Waals surface area (Å²) in [5.41, 5.74) is 2.18. The summed E-state index contributed by atoms with van der Waals surface area (Å²) in [6.07, 6.45) is 4.50. The Balaban J connectivity index is 1.82. The molecule has 0 spiro atoms. The minimum atomic E-state index is 0.171. The van der Waals surface area contributed by atoms with Gasteiger partial charge in [-0.1, -0.05) is 48.5 Å². The van der Waals surface area contributed by atoms with E-state index in [-0.39, 0.29) is 5.78 Å². The Morgan fingerprint density at radius 3 is 2.40 bits per heavy atom. The fourth-order valence-corrected chi connectivity index (χ4v) is 1.88. The zero-order valence-corrected chi connectivity index (χ0v) is 11.6. The van der Waals surface area contributed by atoms with Gasteiger partial charge in [-0.25, -0.2) is 0 Å². The van der Waals surface area contributed by atoms with Crippen LogP contribution < -0.4 is 4.74 Å². The van der Waals surface area contributed by atoms with Gasteiger partial charge in [-0.15, -0.1) is 0 Å². The topological polar surface area (TPSA) is 26.3 Å². The van der Waals surface area contributed by atoms with Crippen LogP contribution in [0, 0.1) is 0 Å². The fourth-order valence-electron chi connectivity index (χ4n) is 1.88. The van der Waals surface area contributed by atoms with Crippen molar-refractivity contribution in [1.29, 1.82) is 0 Å². The van der Waals surface area contributed by atoms with Gasteiger partial charge >= 0.3 is 0 Å². The molecule has 2 rings (SSSR count). The summed E-state index contributed by atoms with van der Waals surface area (Å²) in [4.78, 5) is 11.0. The van der Waals surface area contributed by atoms with Crippen LogP contribution in [0.2, 0.25) is 0 Å². The molecule has 2 aromatic carbocycles. The monoisotopic (exact) mass is 266 g/mol. The molecule has 0 saturated heterocycles. The number of hydrogen-bond acceptors (Lipinski definition) is 2. The van der Waals surface area contributed by atoms with Crippen LogP contribution in [0.15, 0.2) is 60.7 Å². The minimum Gasteiger partial charge on any atom is -0.490 e. The molecule has 2 nitrogen and oxygen atoms in total. The fraction of sp³-hybridized carbons (Fsp3) is 0.167. The van der Waals surface area contributed by atoms with E-state index in [2.05, 4.69) is 0 Å². The Kier molecular flexibility index (Phi) is 5.13. The number of carbonyl (C=O) groups is 1. The largest absolute Gasteiger partial charge is 0.490 e. The molecule has 0 radical (unpaired) electrons. The van der Waals surface area contributed by atoms with E-state index < -0.39 is 0 Å². The summed E-state index contributed by atoms with van der Waals surface area (Å²) in [5, 5.41) is 0. The van der Waals surface area contributed by atoms with Crippen LogP contribution in [0.1, 0.15) is 18.1 Å². The zero-order valence-electron chi connectivity index (χ0n) is 11.6. The third kappa shape index (κ3) is 4.73. The number of ether oxygens (including phenoxy) is 1. The number of ketones is 1.